The smallest absolute Gasteiger partial charge is 0.320 e. The Morgan fingerprint density at radius 1 is 0.949 bits per heavy atom. The highest BCUT2D eigenvalue weighted by atomic mass is 35.5. The van der Waals surface area contributed by atoms with Crippen molar-refractivity contribution in [3.05, 3.63) is 112 Å². The van der Waals surface area contributed by atoms with Crippen molar-refractivity contribution in [2.24, 2.45) is 5.11 Å². The molecule has 0 saturated carbocycles. The molecule has 0 N–H and O–H groups in total. The number of nitrogens with zero attached hydrogens (tertiary/aromatic N) is 3. The molecule has 1 fully saturated rings. The van der Waals surface area contributed by atoms with Gasteiger partial charge in [0, 0.05) is 9.81 Å². The highest BCUT2D eigenvalue weighted by Crippen LogP contribution is 2.38. The fourth-order valence-corrected chi connectivity index (χ4v) is 5.38. The van der Waals surface area contributed by atoms with Gasteiger partial charge in [-0.3, -0.25) is 4.79 Å². The number of ether oxygens (including phenoxy) is 4. The van der Waals surface area contributed by atoms with Gasteiger partial charge in [-0.05, 0) is 35.7 Å². The first-order chi connectivity index (χ1) is 19.1. The molecule has 204 valence electrons. The maximum atomic E-state index is 12.0. The molecule has 1 aliphatic rings. The van der Waals surface area contributed by atoms with E-state index in [-0.39, 0.29) is 25.7 Å². The van der Waals surface area contributed by atoms with Gasteiger partial charge in [0.05, 0.1) is 19.3 Å². The van der Waals surface area contributed by atoms with Gasteiger partial charge in [0.15, 0.2) is 0 Å². The van der Waals surface area contributed by atoms with E-state index in [9.17, 15) is 10.3 Å². The lowest BCUT2D eigenvalue weighted by Gasteiger charge is -2.44. The summed E-state index contributed by atoms with van der Waals surface area (Å²) in [5, 5.41) is 4.12. The Morgan fingerprint density at radius 3 is 2.10 bits per heavy atom. The molecule has 0 spiro atoms. The maximum Gasteiger partial charge on any atom is 0.320 e. The fourth-order valence-electron chi connectivity index (χ4n) is 4.20. The Labute approximate surface area is 237 Å². The van der Waals surface area contributed by atoms with E-state index in [4.69, 9.17) is 30.5 Å². The van der Waals surface area contributed by atoms with E-state index in [2.05, 4.69) is 10.0 Å². The number of benzene rings is 3. The zero-order valence-corrected chi connectivity index (χ0v) is 23.0. The molecule has 3 aromatic carbocycles. The number of thioether (sulfide) groups is 1. The summed E-state index contributed by atoms with van der Waals surface area (Å²) in [6.07, 6.45) is -2.10. The van der Waals surface area contributed by atoms with Gasteiger partial charge in [0.1, 0.15) is 36.2 Å². The van der Waals surface area contributed by atoms with Gasteiger partial charge in [0.2, 0.25) is 0 Å². The van der Waals surface area contributed by atoms with E-state index in [1.165, 1.54) is 11.8 Å². The number of carbonyl (C=O) groups excluding carboxylic acids is 1. The molecule has 39 heavy (non-hydrogen) atoms. The van der Waals surface area contributed by atoms with Crippen LogP contribution in [0.15, 0.2) is 94.9 Å². The van der Waals surface area contributed by atoms with Gasteiger partial charge in [0.25, 0.3) is 0 Å². The third-order valence-corrected chi connectivity index (χ3v) is 7.55. The number of aryl methyl sites for hydroxylation is 1. The summed E-state index contributed by atoms with van der Waals surface area (Å²) in [7, 11) is 0. The summed E-state index contributed by atoms with van der Waals surface area (Å²) < 4.78 is 24.6. The van der Waals surface area contributed by atoms with Gasteiger partial charge in [-0.15, -0.1) is 11.6 Å². The molecule has 1 unspecified atom stereocenters. The number of hydrogen-bond donors (Lipinski definition) is 0. The van der Waals surface area contributed by atoms with Crippen molar-refractivity contribution in [3.63, 3.8) is 0 Å². The molecule has 0 aromatic heterocycles. The van der Waals surface area contributed by atoms with Crippen molar-refractivity contribution in [2.45, 2.75) is 54.8 Å². The highest BCUT2D eigenvalue weighted by Gasteiger charge is 2.48. The van der Waals surface area contributed by atoms with Crippen molar-refractivity contribution in [1.29, 1.82) is 0 Å². The quantitative estimate of drug-likeness (QED) is 0.0819. The van der Waals surface area contributed by atoms with Crippen LogP contribution in [-0.2, 0) is 37.0 Å². The molecule has 10 heteroatoms. The minimum absolute atomic E-state index is 0.0931. The van der Waals surface area contributed by atoms with Crippen LogP contribution in [0.3, 0.4) is 0 Å². The van der Waals surface area contributed by atoms with E-state index in [0.29, 0.717) is 0 Å². The van der Waals surface area contributed by atoms with Gasteiger partial charge >= 0.3 is 5.97 Å². The zero-order chi connectivity index (χ0) is 27.5. The number of hydrogen-bond acceptors (Lipinski definition) is 7. The van der Waals surface area contributed by atoms with Crippen LogP contribution in [0.4, 0.5) is 0 Å². The Kier molecular flexibility index (Phi) is 11.1. The van der Waals surface area contributed by atoms with Crippen molar-refractivity contribution in [3.8, 4) is 0 Å². The lowest BCUT2D eigenvalue weighted by molar-refractivity contribution is -0.210. The SMILES string of the molecule is Cc1ccc(SC2O[C@H](COC(=O)CCl)[C@@H](OCc3ccccc3)[C@H](OCc3ccccc3)[C@H]2N=[N+]=[N-])cc1. The van der Waals surface area contributed by atoms with Gasteiger partial charge < -0.3 is 18.9 Å². The number of carbonyl (C=O) groups is 1. The molecular formula is C29H30ClN3O5S. The minimum Gasteiger partial charge on any atom is -0.462 e. The molecule has 1 saturated heterocycles. The van der Waals surface area contributed by atoms with E-state index in [1.807, 2.05) is 91.9 Å². The topological polar surface area (TPSA) is 103 Å². The van der Waals surface area contributed by atoms with Gasteiger partial charge in [-0.2, -0.15) is 0 Å². The second-order valence-electron chi connectivity index (χ2n) is 9.01. The molecule has 1 aliphatic heterocycles. The second-order valence-corrected chi connectivity index (χ2v) is 10.4. The average Bonchev–Trinajstić information content (AvgIpc) is 2.97. The number of halogens is 1. The molecule has 3 aromatic rings. The van der Waals surface area contributed by atoms with Crippen LogP contribution in [0.5, 0.6) is 0 Å². The summed E-state index contributed by atoms with van der Waals surface area (Å²) in [5.41, 5.74) is 11.9. The lowest BCUT2D eigenvalue weighted by atomic mass is 9.97. The van der Waals surface area contributed by atoms with Crippen LogP contribution in [0.25, 0.3) is 10.4 Å². The van der Waals surface area contributed by atoms with Crippen molar-refractivity contribution in [1.82, 2.24) is 0 Å². The highest BCUT2D eigenvalue weighted by molar-refractivity contribution is 7.99. The molecule has 8 nitrogen and oxygen atoms in total. The van der Waals surface area contributed by atoms with E-state index in [1.54, 1.807) is 0 Å². The van der Waals surface area contributed by atoms with Crippen LogP contribution in [0, 0.1) is 6.92 Å². The molecule has 5 atom stereocenters. The summed E-state index contributed by atoms with van der Waals surface area (Å²) in [6.45, 7) is 2.45. The zero-order valence-electron chi connectivity index (χ0n) is 21.5. The summed E-state index contributed by atoms with van der Waals surface area (Å²) in [5.74, 6) is -0.845. The standard InChI is InChI=1S/C29H30ClN3O5S/c1-20-12-14-23(15-13-20)39-29-26(32-33-31)28(37-18-22-10-6-3-7-11-22)27(24(38-29)19-35-25(34)16-30)36-17-21-8-4-2-5-9-21/h2-15,24,26-29H,16-19H2,1H3/t24-,26-,27-,28-,29?/m1/s1. The summed E-state index contributed by atoms with van der Waals surface area (Å²) >= 11 is 7.09. The minimum atomic E-state index is -0.731. The first-order valence-electron chi connectivity index (χ1n) is 12.5. The molecule has 0 aliphatic carbocycles. The number of rotatable bonds is 12. The van der Waals surface area contributed by atoms with Crippen LogP contribution >= 0.6 is 23.4 Å². The first kappa shape index (κ1) is 29.0. The van der Waals surface area contributed by atoms with Gasteiger partial charge in [-0.1, -0.05) is 95.2 Å². The predicted molar refractivity (Wildman–Crippen MR) is 150 cm³/mol. The Morgan fingerprint density at radius 2 is 1.54 bits per heavy atom. The number of alkyl halides is 1. The molecule has 0 bridgehead atoms. The lowest BCUT2D eigenvalue weighted by Crippen LogP contribution is -2.59. The van der Waals surface area contributed by atoms with Crippen LogP contribution in [-0.4, -0.2) is 48.2 Å². The predicted octanol–water partition coefficient (Wildman–Crippen LogP) is 6.44. The maximum absolute atomic E-state index is 12.0. The monoisotopic (exact) mass is 567 g/mol. The molecular weight excluding hydrogens is 538 g/mol. The molecule has 4 rings (SSSR count). The Balaban J connectivity index is 1.65. The summed E-state index contributed by atoms with van der Waals surface area (Å²) in [6, 6.07) is 26.6. The summed E-state index contributed by atoms with van der Waals surface area (Å²) in [4.78, 5) is 16.0. The van der Waals surface area contributed by atoms with E-state index >= 15 is 0 Å². The third kappa shape index (κ3) is 8.47. The van der Waals surface area contributed by atoms with E-state index < -0.39 is 35.8 Å². The average molecular weight is 568 g/mol. The van der Waals surface area contributed by atoms with Crippen LogP contribution < -0.4 is 0 Å². The van der Waals surface area contributed by atoms with Crippen molar-refractivity contribution < 1.29 is 23.7 Å². The Bertz CT molecular complexity index is 1230. The van der Waals surface area contributed by atoms with Gasteiger partial charge in [-0.25, -0.2) is 0 Å². The van der Waals surface area contributed by atoms with Crippen molar-refractivity contribution >= 4 is 29.3 Å². The molecule has 1 heterocycles. The third-order valence-electron chi connectivity index (χ3n) is 6.16. The number of esters is 1. The largest absolute Gasteiger partial charge is 0.462 e. The fraction of sp³-hybridized carbons (Fsp3) is 0.345. The number of azide groups is 1. The normalized spacial score (nSPS) is 22.6. The molecule has 0 radical (unpaired) electrons. The van der Waals surface area contributed by atoms with Crippen LogP contribution in [0.1, 0.15) is 16.7 Å². The first-order valence-corrected chi connectivity index (χ1v) is 13.9. The molecule has 0 amide bonds. The van der Waals surface area contributed by atoms with E-state index in [0.717, 1.165) is 21.6 Å². The Hall–Kier alpha value is -3.04. The van der Waals surface area contributed by atoms with Crippen LogP contribution in [0.2, 0.25) is 0 Å². The van der Waals surface area contributed by atoms with Crippen molar-refractivity contribution in [2.75, 3.05) is 12.5 Å². The second kappa shape index (κ2) is 14.9.